The van der Waals surface area contributed by atoms with Gasteiger partial charge in [-0.15, -0.1) is 0 Å². The zero-order valence-corrected chi connectivity index (χ0v) is 11.8. The van der Waals surface area contributed by atoms with Gasteiger partial charge in [0.05, 0.1) is 11.6 Å². The highest BCUT2D eigenvalue weighted by Crippen LogP contribution is 2.29. The van der Waals surface area contributed by atoms with Gasteiger partial charge in [0.25, 0.3) is 5.91 Å². The van der Waals surface area contributed by atoms with Gasteiger partial charge in [-0.05, 0) is 31.6 Å². The molecule has 6 nitrogen and oxygen atoms in total. The van der Waals surface area contributed by atoms with Gasteiger partial charge in [0, 0.05) is 19.0 Å². The van der Waals surface area contributed by atoms with Crippen LogP contribution in [-0.2, 0) is 16.4 Å². The number of rotatable bonds is 4. The number of carbonyl (C=O) groups is 1. The zero-order valence-electron chi connectivity index (χ0n) is 10.9. The van der Waals surface area contributed by atoms with Crippen molar-refractivity contribution in [1.82, 2.24) is 9.55 Å². The van der Waals surface area contributed by atoms with Crippen molar-refractivity contribution in [1.29, 1.82) is 0 Å². The number of imidazole rings is 1. The van der Waals surface area contributed by atoms with Crippen LogP contribution in [0.5, 0.6) is 0 Å². The molecule has 1 heterocycles. The lowest BCUT2D eigenvalue weighted by Crippen LogP contribution is -2.27. The Morgan fingerprint density at radius 3 is 2.53 bits per heavy atom. The maximum atomic E-state index is 11.5. The lowest BCUT2D eigenvalue weighted by Gasteiger charge is -2.27. The van der Waals surface area contributed by atoms with Crippen molar-refractivity contribution in [3.05, 3.63) is 18.2 Å². The molecule has 0 saturated heterocycles. The molecule has 0 spiro atoms. The number of nitrogens with two attached hydrogens (primary N) is 1. The van der Waals surface area contributed by atoms with Crippen molar-refractivity contribution < 1.29 is 13.2 Å². The molecule has 106 valence electrons. The van der Waals surface area contributed by atoms with Crippen LogP contribution in [0.4, 0.5) is 0 Å². The molecule has 7 heteroatoms. The molecular formula is C12H19N3O3S. The molecule has 0 aromatic carbocycles. The van der Waals surface area contributed by atoms with Gasteiger partial charge in [0.15, 0.2) is 0 Å². The third-order valence-corrected chi connectivity index (χ3v) is 5.44. The van der Waals surface area contributed by atoms with Crippen LogP contribution < -0.4 is 5.73 Å². The predicted molar refractivity (Wildman–Crippen MR) is 71.3 cm³/mol. The summed E-state index contributed by atoms with van der Waals surface area (Å²) in [5.41, 5.74) is 5.41. The average Bonchev–Trinajstić information content (AvgIpc) is 2.77. The first-order chi connectivity index (χ1) is 8.86. The van der Waals surface area contributed by atoms with Crippen molar-refractivity contribution in [3.8, 4) is 0 Å². The molecule has 1 saturated carbocycles. The molecule has 1 aliphatic rings. The van der Waals surface area contributed by atoms with E-state index in [1.165, 1.54) is 6.26 Å². The van der Waals surface area contributed by atoms with E-state index in [2.05, 4.69) is 4.98 Å². The second-order valence-electron chi connectivity index (χ2n) is 5.29. The van der Waals surface area contributed by atoms with E-state index in [-0.39, 0.29) is 10.9 Å². The number of carbonyl (C=O) groups excluding carboxylic acids is 1. The highest BCUT2D eigenvalue weighted by atomic mass is 32.2. The van der Waals surface area contributed by atoms with Crippen LogP contribution in [0.3, 0.4) is 0 Å². The van der Waals surface area contributed by atoms with Crippen LogP contribution in [0.25, 0.3) is 0 Å². The summed E-state index contributed by atoms with van der Waals surface area (Å²) < 4.78 is 24.8. The fraction of sp³-hybridized carbons (Fsp3) is 0.667. The molecule has 1 aromatic heterocycles. The Bertz CT molecular complexity index is 557. The Kier molecular flexibility index (Phi) is 3.93. The van der Waals surface area contributed by atoms with Crippen molar-refractivity contribution in [3.63, 3.8) is 0 Å². The molecule has 0 atom stereocenters. The van der Waals surface area contributed by atoms with Crippen LogP contribution in [0, 0.1) is 5.92 Å². The van der Waals surface area contributed by atoms with Crippen LogP contribution in [-0.4, -0.2) is 35.4 Å². The van der Waals surface area contributed by atoms with Gasteiger partial charge in [0.2, 0.25) is 0 Å². The van der Waals surface area contributed by atoms with Gasteiger partial charge in [-0.25, -0.2) is 13.4 Å². The number of aromatic nitrogens is 2. The number of primary amides is 1. The predicted octanol–water partition coefficient (Wildman–Crippen LogP) is 0.585. The summed E-state index contributed by atoms with van der Waals surface area (Å²) in [7, 11) is -2.91. The van der Waals surface area contributed by atoms with E-state index in [9.17, 15) is 13.2 Å². The first-order valence-electron chi connectivity index (χ1n) is 6.36. The van der Waals surface area contributed by atoms with Gasteiger partial charge in [-0.2, -0.15) is 0 Å². The number of sulfone groups is 1. The maximum absolute atomic E-state index is 11.5. The molecule has 1 fully saturated rings. The number of hydrogen-bond donors (Lipinski definition) is 1. The standard InChI is InChI=1S/C12H19N3O3S/c1-19(17,18)10-4-2-9(3-5-10)6-15-7-11(12(13)16)14-8-15/h7-10H,2-6H2,1H3,(H2,13,16). The Hall–Kier alpha value is -1.37. The average molecular weight is 285 g/mol. The van der Waals surface area contributed by atoms with E-state index in [0.717, 1.165) is 32.2 Å². The summed E-state index contributed by atoms with van der Waals surface area (Å²) in [6.45, 7) is 0.761. The smallest absolute Gasteiger partial charge is 0.268 e. The van der Waals surface area contributed by atoms with E-state index in [1.54, 1.807) is 12.5 Å². The Balaban J connectivity index is 1.90. The fourth-order valence-electron chi connectivity index (χ4n) is 2.63. The monoisotopic (exact) mass is 285 g/mol. The summed E-state index contributed by atoms with van der Waals surface area (Å²) >= 11 is 0. The minimum Gasteiger partial charge on any atom is -0.364 e. The Morgan fingerprint density at radius 2 is 2.05 bits per heavy atom. The second kappa shape index (κ2) is 5.32. The molecule has 2 rings (SSSR count). The van der Waals surface area contributed by atoms with Crippen molar-refractivity contribution in [2.24, 2.45) is 11.7 Å². The third-order valence-electron chi connectivity index (χ3n) is 3.75. The van der Waals surface area contributed by atoms with Gasteiger partial charge >= 0.3 is 0 Å². The lowest BCUT2D eigenvalue weighted by atomic mass is 9.89. The summed E-state index contributed by atoms with van der Waals surface area (Å²) in [6.07, 6.45) is 7.78. The quantitative estimate of drug-likeness (QED) is 0.875. The van der Waals surface area contributed by atoms with E-state index in [1.807, 2.05) is 4.57 Å². The first-order valence-corrected chi connectivity index (χ1v) is 8.32. The van der Waals surface area contributed by atoms with Crippen LogP contribution >= 0.6 is 0 Å². The van der Waals surface area contributed by atoms with Crippen molar-refractivity contribution in [2.75, 3.05) is 6.26 Å². The summed E-state index contributed by atoms with van der Waals surface area (Å²) in [5, 5.41) is -0.187. The number of hydrogen-bond acceptors (Lipinski definition) is 4. The molecule has 1 amide bonds. The SMILES string of the molecule is CS(=O)(=O)C1CCC(Cn2cnc(C(N)=O)c2)CC1. The lowest BCUT2D eigenvalue weighted by molar-refractivity contribution is 0.0996. The molecule has 1 aliphatic carbocycles. The molecule has 2 N–H and O–H groups in total. The van der Waals surface area contributed by atoms with Gasteiger partial charge < -0.3 is 10.3 Å². The Morgan fingerprint density at radius 1 is 1.42 bits per heavy atom. The van der Waals surface area contributed by atoms with Crippen molar-refractivity contribution >= 4 is 15.7 Å². The van der Waals surface area contributed by atoms with Gasteiger partial charge in [-0.1, -0.05) is 0 Å². The molecule has 0 bridgehead atoms. The highest BCUT2D eigenvalue weighted by Gasteiger charge is 2.27. The van der Waals surface area contributed by atoms with E-state index >= 15 is 0 Å². The second-order valence-corrected chi connectivity index (χ2v) is 7.62. The van der Waals surface area contributed by atoms with Crippen LogP contribution in [0.15, 0.2) is 12.5 Å². The summed E-state index contributed by atoms with van der Waals surface area (Å²) in [6, 6.07) is 0. The molecular weight excluding hydrogens is 266 g/mol. The van der Waals surface area contributed by atoms with Crippen LogP contribution in [0.1, 0.15) is 36.2 Å². The number of nitrogens with zero attached hydrogens (tertiary/aromatic N) is 2. The minimum atomic E-state index is -2.91. The molecule has 0 radical (unpaired) electrons. The van der Waals surface area contributed by atoms with Gasteiger partial charge in [0.1, 0.15) is 15.5 Å². The molecule has 1 aromatic rings. The minimum absolute atomic E-state index is 0.187. The maximum Gasteiger partial charge on any atom is 0.268 e. The van der Waals surface area contributed by atoms with E-state index in [0.29, 0.717) is 5.92 Å². The first kappa shape index (κ1) is 14.0. The van der Waals surface area contributed by atoms with Crippen molar-refractivity contribution in [2.45, 2.75) is 37.5 Å². The fourth-order valence-corrected chi connectivity index (χ4v) is 3.76. The van der Waals surface area contributed by atoms with Crippen LogP contribution in [0.2, 0.25) is 0 Å². The third kappa shape index (κ3) is 3.56. The molecule has 0 unspecified atom stereocenters. The topological polar surface area (TPSA) is 95.1 Å². The largest absolute Gasteiger partial charge is 0.364 e. The normalized spacial score (nSPS) is 24.3. The zero-order chi connectivity index (χ0) is 14.0. The summed E-state index contributed by atoms with van der Waals surface area (Å²) in [4.78, 5) is 14.9. The van der Waals surface area contributed by atoms with Gasteiger partial charge in [-0.3, -0.25) is 4.79 Å². The van der Waals surface area contributed by atoms with E-state index in [4.69, 9.17) is 5.73 Å². The Labute approximate surface area is 112 Å². The highest BCUT2D eigenvalue weighted by molar-refractivity contribution is 7.91. The molecule has 0 aliphatic heterocycles. The number of amides is 1. The molecule has 19 heavy (non-hydrogen) atoms. The van der Waals surface area contributed by atoms with E-state index < -0.39 is 15.7 Å². The summed E-state index contributed by atoms with van der Waals surface area (Å²) in [5.74, 6) is -0.0903.